The van der Waals surface area contributed by atoms with Gasteiger partial charge < -0.3 is 31.9 Å². The number of thioether (sulfide) groups is 1. The molecule has 0 aromatic heterocycles. The highest BCUT2D eigenvalue weighted by Gasteiger charge is 2.38. The van der Waals surface area contributed by atoms with E-state index in [2.05, 4.69) is 21.3 Å². The van der Waals surface area contributed by atoms with Crippen molar-refractivity contribution in [3.8, 4) is 0 Å². The molecule has 0 saturated carbocycles. The number of carbonyl (C=O) groups excluding carboxylic acids is 6. The molecule has 0 bridgehead atoms. The van der Waals surface area contributed by atoms with Crippen LogP contribution in [-0.2, 0) is 19.2 Å². The number of amides is 4. The number of anilines is 1. The molecule has 47 heavy (non-hydrogen) atoms. The zero-order chi connectivity index (χ0) is 34.1. The van der Waals surface area contributed by atoms with Crippen LogP contribution in [0, 0.1) is 5.92 Å². The quantitative estimate of drug-likeness (QED) is 0.151. The highest BCUT2D eigenvalue weighted by atomic mass is 32.2. The molecule has 2 aliphatic rings. The van der Waals surface area contributed by atoms with Crippen molar-refractivity contribution in [2.75, 3.05) is 43.5 Å². The van der Waals surface area contributed by atoms with Crippen molar-refractivity contribution in [2.45, 2.75) is 57.7 Å². The molecule has 12 nitrogen and oxygen atoms in total. The van der Waals surface area contributed by atoms with Gasteiger partial charge in [0.1, 0.15) is 12.1 Å². The van der Waals surface area contributed by atoms with Crippen LogP contribution < -0.4 is 27.0 Å². The third-order valence-electron chi connectivity index (χ3n) is 8.21. The maximum Gasteiger partial charge on any atom is 0.245 e. The lowest BCUT2D eigenvalue weighted by atomic mass is 9.83. The fourth-order valence-electron chi connectivity index (χ4n) is 5.93. The summed E-state index contributed by atoms with van der Waals surface area (Å²) < 4.78 is 0. The Labute approximate surface area is 279 Å². The second kappa shape index (κ2) is 16.6. The molecular weight excluding hydrogens is 620 g/mol. The number of nitrogens with zero attached hydrogens (tertiary/aromatic N) is 1. The van der Waals surface area contributed by atoms with Crippen molar-refractivity contribution in [3.63, 3.8) is 0 Å². The lowest BCUT2D eigenvalue weighted by molar-refractivity contribution is -0.141. The summed E-state index contributed by atoms with van der Waals surface area (Å²) in [5.41, 5.74) is 7.86. The van der Waals surface area contributed by atoms with Gasteiger partial charge in [0.15, 0.2) is 11.6 Å². The molecular formula is C34H44N6O6S. The van der Waals surface area contributed by atoms with Gasteiger partial charge in [-0.05, 0) is 43.9 Å². The van der Waals surface area contributed by atoms with E-state index < -0.39 is 29.9 Å². The van der Waals surface area contributed by atoms with Gasteiger partial charge in [0.05, 0.1) is 18.2 Å². The molecule has 4 amide bonds. The second-order valence-corrected chi connectivity index (χ2v) is 13.1. The molecule has 0 radical (unpaired) electrons. The van der Waals surface area contributed by atoms with Crippen molar-refractivity contribution in [2.24, 2.45) is 11.7 Å². The van der Waals surface area contributed by atoms with E-state index in [0.717, 1.165) is 0 Å². The Hall–Kier alpha value is -4.23. The van der Waals surface area contributed by atoms with Crippen LogP contribution in [0.3, 0.4) is 0 Å². The smallest absolute Gasteiger partial charge is 0.245 e. The van der Waals surface area contributed by atoms with Crippen molar-refractivity contribution < 1.29 is 28.8 Å². The first-order chi connectivity index (χ1) is 22.5. The zero-order valence-electron chi connectivity index (χ0n) is 27.1. The van der Waals surface area contributed by atoms with Gasteiger partial charge in [-0.2, -0.15) is 11.8 Å². The molecule has 2 aromatic rings. The lowest BCUT2D eigenvalue weighted by Crippen LogP contribution is -2.55. The number of fused-ring (bicyclic) bond motifs is 2. The number of hydrogen-bond acceptors (Lipinski definition) is 9. The van der Waals surface area contributed by atoms with E-state index in [1.807, 2.05) is 20.1 Å². The van der Waals surface area contributed by atoms with Crippen LogP contribution in [0.4, 0.5) is 5.69 Å². The Bertz CT molecular complexity index is 1510. The molecule has 1 fully saturated rings. The Morgan fingerprint density at radius 2 is 1.66 bits per heavy atom. The Balaban J connectivity index is 1.28. The van der Waals surface area contributed by atoms with Crippen LogP contribution in [0.1, 0.15) is 71.4 Å². The van der Waals surface area contributed by atoms with Gasteiger partial charge >= 0.3 is 0 Å². The van der Waals surface area contributed by atoms with Gasteiger partial charge in [0.25, 0.3) is 0 Å². The molecule has 6 N–H and O–H groups in total. The van der Waals surface area contributed by atoms with Crippen molar-refractivity contribution in [3.05, 3.63) is 64.7 Å². The van der Waals surface area contributed by atoms with Crippen molar-refractivity contribution in [1.82, 2.24) is 20.9 Å². The van der Waals surface area contributed by atoms with Gasteiger partial charge in [-0.15, -0.1) is 0 Å². The topological polar surface area (TPSA) is 180 Å². The first-order valence-electron chi connectivity index (χ1n) is 16.0. The van der Waals surface area contributed by atoms with Gasteiger partial charge in [-0.25, -0.2) is 0 Å². The number of carbonyl (C=O) groups is 6. The summed E-state index contributed by atoms with van der Waals surface area (Å²) in [5, 5.41) is 11.4. The molecule has 0 unspecified atom stereocenters. The first kappa shape index (κ1) is 35.6. The summed E-state index contributed by atoms with van der Waals surface area (Å²) in [4.78, 5) is 79.3. The number of benzene rings is 2. The molecule has 4 rings (SSSR count). The molecule has 1 saturated heterocycles. The summed E-state index contributed by atoms with van der Waals surface area (Å²) in [6.07, 6.45) is 3.91. The SMILES string of the molecule is CSC[C@H](N)C(=O)NCC(=O)N[C@@H](CC(C)C)C(=O)N1CCC[C@H]1C(=O)NCCCNc1cccc2c1C(=O)c1ccccc1C2=O. The molecule has 3 atom stereocenters. The number of hydrogen-bond donors (Lipinski definition) is 5. The summed E-state index contributed by atoms with van der Waals surface area (Å²) in [5.74, 6) is -1.41. The van der Waals surface area contributed by atoms with Crippen LogP contribution >= 0.6 is 11.8 Å². The van der Waals surface area contributed by atoms with Crippen LogP contribution in [0.5, 0.6) is 0 Å². The fourth-order valence-corrected chi connectivity index (χ4v) is 6.44. The number of nitrogens with one attached hydrogen (secondary N) is 4. The fraction of sp³-hybridized carbons (Fsp3) is 0.471. The standard InChI is InChI=1S/C34H44N6O6S/c1-20(2)17-26(39-28(41)18-38-32(44)24(35)19-47-3)34(46)40-16-7-13-27(40)33(45)37-15-8-14-36-25-12-6-11-23-29(25)31(43)22-10-5-4-9-21(22)30(23)42/h4-6,9-12,20,24,26-27,36H,7-8,13-19,35H2,1-3H3,(H,37,45)(H,38,44)(H,39,41)/t24-,26-,27-/m0/s1. The highest BCUT2D eigenvalue weighted by molar-refractivity contribution is 7.98. The van der Waals surface area contributed by atoms with Gasteiger partial charge in [-0.3, -0.25) is 28.8 Å². The maximum atomic E-state index is 13.6. The minimum Gasteiger partial charge on any atom is -0.384 e. The lowest BCUT2D eigenvalue weighted by Gasteiger charge is -2.29. The molecule has 2 aromatic carbocycles. The molecule has 13 heteroatoms. The van der Waals surface area contributed by atoms with Crippen LogP contribution in [0.25, 0.3) is 0 Å². The minimum absolute atomic E-state index is 0.0922. The average Bonchev–Trinajstić information content (AvgIpc) is 3.55. The van der Waals surface area contributed by atoms with Crippen LogP contribution in [0.15, 0.2) is 42.5 Å². The zero-order valence-corrected chi connectivity index (χ0v) is 27.9. The van der Waals surface area contributed by atoms with Gasteiger partial charge in [-0.1, -0.05) is 50.2 Å². The second-order valence-electron chi connectivity index (χ2n) is 12.2. The Morgan fingerprint density at radius 3 is 2.36 bits per heavy atom. The van der Waals surface area contributed by atoms with E-state index in [9.17, 15) is 28.8 Å². The van der Waals surface area contributed by atoms with Crippen molar-refractivity contribution >= 4 is 52.6 Å². The Kier molecular flexibility index (Phi) is 12.5. The van der Waals surface area contributed by atoms with E-state index >= 15 is 0 Å². The average molecular weight is 665 g/mol. The van der Waals surface area contributed by atoms with E-state index in [1.54, 1.807) is 42.5 Å². The van der Waals surface area contributed by atoms with Gasteiger partial charge in [0, 0.05) is 47.8 Å². The van der Waals surface area contributed by atoms with Gasteiger partial charge in [0.2, 0.25) is 23.6 Å². The van der Waals surface area contributed by atoms with E-state index in [-0.39, 0.29) is 35.8 Å². The summed E-state index contributed by atoms with van der Waals surface area (Å²) in [7, 11) is 0. The van der Waals surface area contributed by atoms with E-state index in [0.29, 0.717) is 79.0 Å². The molecule has 1 aliphatic heterocycles. The summed E-state index contributed by atoms with van der Waals surface area (Å²) >= 11 is 1.43. The monoisotopic (exact) mass is 664 g/mol. The number of rotatable bonds is 15. The maximum absolute atomic E-state index is 13.6. The molecule has 0 spiro atoms. The van der Waals surface area contributed by atoms with Crippen molar-refractivity contribution in [1.29, 1.82) is 0 Å². The number of ketones is 2. The third kappa shape index (κ3) is 8.77. The first-order valence-corrected chi connectivity index (χ1v) is 17.4. The predicted octanol–water partition coefficient (Wildman–Crippen LogP) is 1.71. The van der Waals surface area contributed by atoms with Crippen LogP contribution in [-0.4, -0.2) is 96.4 Å². The highest BCUT2D eigenvalue weighted by Crippen LogP contribution is 2.32. The summed E-state index contributed by atoms with van der Waals surface area (Å²) in [6.45, 7) is 4.75. The largest absolute Gasteiger partial charge is 0.384 e. The Morgan fingerprint density at radius 1 is 0.957 bits per heavy atom. The molecule has 1 heterocycles. The van der Waals surface area contributed by atoms with E-state index in [1.165, 1.54) is 16.7 Å². The molecule has 252 valence electrons. The van der Waals surface area contributed by atoms with E-state index in [4.69, 9.17) is 5.73 Å². The minimum atomic E-state index is -0.838. The predicted molar refractivity (Wildman–Crippen MR) is 181 cm³/mol. The normalized spacial score (nSPS) is 16.6. The third-order valence-corrected chi connectivity index (χ3v) is 8.90. The number of likely N-dealkylation sites (tertiary alicyclic amines) is 1. The van der Waals surface area contributed by atoms with Crippen LogP contribution in [0.2, 0.25) is 0 Å². The molecule has 1 aliphatic carbocycles. The number of nitrogens with two attached hydrogens (primary N) is 1. The summed E-state index contributed by atoms with van der Waals surface area (Å²) in [6, 6.07) is 9.72.